The van der Waals surface area contributed by atoms with Crippen LogP contribution in [0.2, 0.25) is 0 Å². The first-order chi connectivity index (χ1) is 13.4. The Morgan fingerprint density at radius 1 is 1.21 bits per heavy atom. The maximum atomic E-state index is 13.4. The number of nitrogens with zero attached hydrogens (tertiary/aromatic N) is 1. The summed E-state index contributed by atoms with van der Waals surface area (Å²) in [6.45, 7) is 6.58. The molecule has 1 spiro atoms. The van der Waals surface area contributed by atoms with Gasteiger partial charge in [0.25, 0.3) is 0 Å². The van der Waals surface area contributed by atoms with Crippen molar-refractivity contribution in [1.29, 1.82) is 0 Å². The number of ether oxygens (including phenoxy) is 1. The molecule has 3 aliphatic rings. The molecule has 2 saturated heterocycles. The Balaban J connectivity index is 1.86. The number of imide groups is 1. The fourth-order valence-corrected chi connectivity index (χ4v) is 5.04. The van der Waals surface area contributed by atoms with Gasteiger partial charge in [-0.25, -0.2) is 0 Å². The van der Waals surface area contributed by atoms with Gasteiger partial charge in [0, 0.05) is 24.4 Å². The van der Waals surface area contributed by atoms with Crippen LogP contribution >= 0.6 is 0 Å². The van der Waals surface area contributed by atoms with Gasteiger partial charge in [-0.15, -0.1) is 0 Å². The number of hydrogen-bond acceptors (Lipinski definition) is 5. The Morgan fingerprint density at radius 2 is 1.96 bits per heavy atom. The molecule has 7 heteroatoms. The van der Waals surface area contributed by atoms with E-state index in [0.29, 0.717) is 5.69 Å². The highest BCUT2D eigenvalue weighted by molar-refractivity contribution is 6.15. The Morgan fingerprint density at radius 3 is 2.61 bits per heavy atom. The van der Waals surface area contributed by atoms with Gasteiger partial charge < -0.3 is 10.1 Å². The molecule has 0 radical (unpaired) electrons. The zero-order chi connectivity index (χ0) is 20.2. The highest BCUT2D eigenvalue weighted by atomic mass is 16.5. The van der Waals surface area contributed by atoms with Crippen molar-refractivity contribution in [3.05, 3.63) is 29.3 Å². The van der Waals surface area contributed by atoms with Crippen molar-refractivity contribution in [2.75, 3.05) is 25.6 Å². The maximum absolute atomic E-state index is 13.4. The molecule has 7 nitrogen and oxygen atoms in total. The van der Waals surface area contributed by atoms with Crippen LogP contribution in [0.5, 0.6) is 0 Å². The third-order valence-corrected chi connectivity index (χ3v) is 6.45. The number of nitrogens with one attached hydrogen (secondary N) is 2. The molecule has 0 saturated carbocycles. The van der Waals surface area contributed by atoms with E-state index in [1.54, 1.807) is 7.11 Å². The molecular weight excluding hydrogens is 358 g/mol. The van der Waals surface area contributed by atoms with Crippen LogP contribution in [0.15, 0.2) is 18.2 Å². The molecule has 0 bridgehead atoms. The van der Waals surface area contributed by atoms with Crippen LogP contribution in [0.3, 0.4) is 0 Å². The lowest BCUT2D eigenvalue weighted by atomic mass is 9.75. The molecule has 4 rings (SSSR count). The monoisotopic (exact) mass is 385 g/mol. The number of methoxy groups -OCH3 is 1. The minimum atomic E-state index is -1.20. The lowest BCUT2D eigenvalue weighted by Crippen LogP contribution is -2.54. The summed E-state index contributed by atoms with van der Waals surface area (Å²) in [6.07, 6.45) is 0.825. The van der Waals surface area contributed by atoms with Crippen LogP contribution in [-0.4, -0.2) is 48.9 Å². The van der Waals surface area contributed by atoms with Crippen LogP contribution in [-0.2, 0) is 31.1 Å². The van der Waals surface area contributed by atoms with Gasteiger partial charge in [0.05, 0.1) is 25.0 Å². The van der Waals surface area contributed by atoms with E-state index in [-0.39, 0.29) is 42.8 Å². The number of rotatable bonds is 5. The number of benzene rings is 1. The highest BCUT2D eigenvalue weighted by Gasteiger charge is 2.70. The van der Waals surface area contributed by atoms with Gasteiger partial charge in [0.1, 0.15) is 5.54 Å². The third kappa shape index (κ3) is 2.39. The van der Waals surface area contributed by atoms with Crippen molar-refractivity contribution in [3.8, 4) is 0 Å². The Hall–Kier alpha value is -2.25. The lowest BCUT2D eigenvalue weighted by molar-refractivity contribution is -0.143. The summed E-state index contributed by atoms with van der Waals surface area (Å²) in [4.78, 5) is 41.1. The second-order valence-electron chi connectivity index (χ2n) is 8.23. The summed E-state index contributed by atoms with van der Waals surface area (Å²) in [5.41, 5.74) is 1.39. The fourth-order valence-electron chi connectivity index (χ4n) is 5.04. The standard InChI is InChI=1S/C21H27N3O4/c1-5-12-6-7-14-13(10-12)21(20(27)22-14)16-15(17(23-21)11(2)3)18(25)24(19(16)26)8-9-28-4/h6-7,10-11,15-17,23H,5,8-9H2,1-4H3,(H,22,27). The van der Waals surface area contributed by atoms with Gasteiger partial charge in [0.2, 0.25) is 17.7 Å². The molecular formula is C21H27N3O4. The predicted molar refractivity (Wildman–Crippen MR) is 103 cm³/mol. The molecule has 28 heavy (non-hydrogen) atoms. The van der Waals surface area contributed by atoms with Gasteiger partial charge >= 0.3 is 0 Å². The van der Waals surface area contributed by atoms with Crippen LogP contribution in [0.1, 0.15) is 31.9 Å². The molecule has 150 valence electrons. The van der Waals surface area contributed by atoms with Gasteiger partial charge in [-0.1, -0.05) is 32.9 Å². The van der Waals surface area contributed by atoms with E-state index >= 15 is 0 Å². The van der Waals surface area contributed by atoms with Crippen LogP contribution in [0, 0.1) is 17.8 Å². The molecule has 4 unspecified atom stereocenters. The highest BCUT2D eigenvalue weighted by Crippen LogP contribution is 2.54. The van der Waals surface area contributed by atoms with E-state index in [1.807, 2.05) is 32.0 Å². The molecule has 1 aromatic rings. The minimum Gasteiger partial charge on any atom is -0.383 e. The normalized spacial score (nSPS) is 31.1. The Kier molecular flexibility index (Phi) is 4.55. The fraction of sp³-hybridized carbons (Fsp3) is 0.571. The molecule has 0 aromatic heterocycles. The van der Waals surface area contributed by atoms with Crippen molar-refractivity contribution in [1.82, 2.24) is 10.2 Å². The van der Waals surface area contributed by atoms with E-state index < -0.39 is 17.4 Å². The number of amides is 3. The number of carbonyl (C=O) groups excluding carboxylic acids is 3. The molecule has 2 fully saturated rings. The first-order valence-electron chi connectivity index (χ1n) is 9.93. The first-order valence-corrected chi connectivity index (χ1v) is 9.93. The number of carbonyl (C=O) groups is 3. The van der Waals surface area contributed by atoms with Gasteiger partial charge in [0.15, 0.2) is 0 Å². The van der Waals surface area contributed by atoms with Crippen molar-refractivity contribution in [2.45, 2.75) is 38.8 Å². The summed E-state index contributed by atoms with van der Waals surface area (Å²) in [7, 11) is 1.54. The van der Waals surface area contributed by atoms with Crippen LogP contribution < -0.4 is 10.6 Å². The number of hydrogen-bond donors (Lipinski definition) is 2. The zero-order valence-corrected chi connectivity index (χ0v) is 16.7. The zero-order valence-electron chi connectivity index (χ0n) is 16.7. The van der Waals surface area contributed by atoms with Gasteiger partial charge in [-0.05, 0) is 24.0 Å². The van der Waals surface area contributed by atoms with E-state index in [9.17, 15) is 14.4 Å². The van der Waals surface area contributed by atoms with Crippen molar-refractivity contribution in [2.24, 2.45) is 17.8 Å². The van der Waals surface area contributed by atoms with E-state index in [0.717, 1.165) is 17.5 Å². The molecule has 0 aliphatic carbocycles. The van der Waals surface area contributed by atoms with Crippen molar-refractivity contribution >= 4 is 23.4 Å². The number of fused-ring (bicyclic) bond motifs is 4. The maximum Gasteiger partial charge on any atom is 0.250 e. The predicted octanol–water partition coefficient (Wildman–Crippen LogP) is 1.27. The van der Waals surface area contributed by atoms with Gasteiger partial charge in [-0.3, -0.25) is 24.6 Å². The van der Waals surface area contributed by atoms with E-state index in [2.05, 4.69) is 17.6 Å². The molecule has 2 N–H and O–H groups in total. The second-order valence-corrected chi connectivity index (χ2v) is 8.23. The average Bonchev–Trinajstić information content (AvgIpc) is 3.26. The summed E-state index contributed by atoms with van der Waals surface area (Å²) in [6, 6.07) is 5.62. The largest absolute Gasteiger partial charge is 0.383 e. The SMILES string of the molecule is CCc1ccc2c(c1)C1(NC(C(C)C)C3C(=O)N(CCOC)C(=O)C31)C(=O)N2. The summed E-state index contributed by atoms with van der Waals surface area (Å²) >= 11 is 0. The van der Waals surface area contributed by atoms with E-state index in [1.165, 1.54) is 4.90 Å². The van der Waals surface area contributed by atoms with Gasteiger partial charge in [-0.2, -0.15) is 0 Å². The first kappa shape index (κ1) is 19.1. The van der Waals surface area contributed by atoms with Crippen LogP contribution in [0.4, 0.5) is 5.69 Å². The average molecular weight is 385 g/mol. The number of likely N-dealkylation sites (tertiary alicyclic amines) is 1. The molecule has 4 atom stereocenters. The molecule has 3 amide bonds. The minimum absolute atomic E-state index is 0.0946. The molecule has 1 aromatic carbocycles. The van der Waals surface area contributed by atoms with E-state index in [4.69, 9.17) is 4.74 Å². The number of anilines is 1. The van der Waals surface area contributed by atoms with Crippen LogP contribution in [0.25, 0.3) is 0 Å². The quantitative estimate of drug-likeness (QED) is 0.746. The van der Waals surface area contributed by atoms with Crippen molar-refractivity contribution < 1.29 is 19.1 Å². The second kappa shape index (κ2) is 6.67. The summed E-state index contributed by atoms with van der Waals surface area (Å²) in [5.74, 6) is -1.93. The summed E-state index contributed by atoms with van der Waals surface area (Å²) in [5, 5.41) is 6.39. The van der Waals surface area contributed by atoms with Crippen molar-refractivity contribution in [3.63, 3.8) is 0 Å². The smallest absolute Gasteiger partial charge is 0.250 e. The Labute approximate surface area is 164 Å². The summed E-state index contributed by atoms with van der Waals surface area (Å²) < 4.78 is 5.08. The topological polar surface area (TPSA) is 87.7 Å². The molecule has 3 heterocycles. The number of aryl methyl sites for hydroxylation is 1. The molecule has 3 aliphatic heterocycles. The third-order valence-electron chi connectivity index (χ3n) is 6.45. The lowest BCUT2D eigenvalue weighted by Gasteiger charge is -2.30. The Bertz CT molecular complexity index is 852.